The summed E-state index contributed by atoms with van der Waals surface area (Å²) < 4.78 is 0.956. The molecule has 1 aliphatic rings. The number of aryl methyl sites for hydroxylation is 4. The maximum absolute atomic E-state index is 13.4. The molecule has 1 amide bonds. The molecule has 3 aromatic carbocycles. The molecular weight excluding hydrogens is 456 g/mol. The number of fused-ring (bicyclic) bond motifs is 1. The average Bonchev–Trinajstić information content (AvgIpc) is 3.38. The lowest BCUT2D eigenvalue weighted by Crippen LogP contribution is -2.29. The number of carbonyl (C=O) groups is 2. The zero-order valence-corrected chi connectivity index (χ0v) is 20.9. The zero-order chi connectivity index (χ0) is 24.9. The highest BCUT2D eigenvalue weighted by molar-refractivity contribution is 7.22. The fraction of sp³-hybridized carbons (Fsp3) is 0.207. The number of hydrogen-bond acceptors (Lipinski definition) is 5. The number of rotatable bonds is 4. The van der Waals surface area contributed by atoms with Gasteiger partial charge in [-0.25, -0.2) is 4.98 Å². The SMILES string of the molecule is CCc1ccc(C2/C(=C(\O)c3ccc(C)cc3)C(=O)C(=O)N2c2nc3c(C)cc(C)cc3s2)cc1. The third-order valence-corrected chi connectivity index (χ3v) is 7.50. The number of aliphatic hydroxyl groups is 1. The number of aromatic nitrogens is 1. The Balaban J connectivity index is 1.73. The number of anilines is 1. The Morgan fingerprint density at radius 3 is 2.31 bits per heavy atom. The summed E-state index contributed by atoms with van der Waals surface area (Å²) in [6.07, 6.45) is 0.875. The molecule has 1 aliphatic heterocycles. The van der Waals surface area contributed by atoms with Gasteiger partial charge in [0.05, 0.1) is 21.8 Å². The van der Waals surface area contributed by atoms with E-state index in [4.69, 9.17) is 4.98 Å². The molecule has 5 rings (SSSR count). The van der Waals surface area contributed by atoms with Crippen molar-refractivity contribution in [3.05, 3.63) is 99.6 Å². The fourth-order valence-electron chi connectivity index (χ4n) is 4.61. The van der Waals surface area contributed by atoms with E-state index < -0.39 is 17.7 Å². The number of ketones is 1. The van der Waals surface area contributed by atoms with Crippen molar-refractivity contribution in [1.82, 2.24) is 4.98 Å². The van der Waals surface area contributed by atoms with Gasteiger partial charge < -0.3 is 5.11 Å². The summed E-state index contributed by atoms with van der Waals surface area (Å²) in [4.78, 5) is 33.0. The summed E-state index contributed by atoms with van der Waals surface area (Å²) >= 11 is 1.38. The van der Waals surface area contributed by atoms with Gasteiger partial charge in [-0.2, -0.15) is 0 Å². The van der Waals surface area contributed by atoms with Crippen molar-refractivity contribution in [2.24, 2.45) is 0 Å². The molecule has 1 atom stereocenters. The van der Waals surface area contributed by atoms with Gasteiger partial charge in [0.1, 0.15) is 5.76 Å². The van der Waals surface area contributed by atoms with Crippen LogP contribution in [0, 0.1) is 20.8 Å². The highest BCUT2D eigenvalue weighted by Crippen LogP contribution is 2.44. The van der Waals surface area contributed by atoms with Gasteiger partial charge >= 0.3 is 5.91 Å². The van der Waals surface area contributed by atoms with Crippen molar-refractivity contribution in [3.63, 3.8) is 0 Å². The van der Waals surface area contributed by atoms with E-state index in [1.165, 1.54) is 16.2 Å². The third kappa shape index (κ3) is 3.94. The summed E-state index contributed by atoms with van der Waals surface area (Å²) in [6, 6.07) is 18.4. The number of benzene rings is 3. The van der Waals surface area contributed by atoms with Gasteiger partial charge in [0.25, 0.3) is 5.78 Å². The molecular formula is C29H26N2O3S. The van der Waals surface area contributed by atoms with Crippen LogP contribution in [0.4, 0.5) is 5.13 Å². The van der Waals surface area contributed by atoms with Gasteiger partial charge in [0, 0.05) is 5.56 Å². The van der Waals surface area contributed by atoms with Crippen LogP contribution in [0.1, 0.15) is 46.3 Å². The van der Waals surface area contributed by atoms with E-state index in [-0.39, 0.29) is 11.3 Å². The quantitative estimate of drug-likeness (QED) is 0.207. The molecule has 1 N–H and O–H groups in total. The standard InChI is InChI=1S/C29H26N2O3S/c1-5-19-8-12-20(13-9-19)25-23(26(32)21-10-6-16(2)7-11-21)27(33)28(34)31(25)29-30-24-18(4)14-17(3)15-22(24)35-29/h6-15,25,32H,5H2,1-4H3/b26-23+. The van der Waals surface area contributed by atoms with Crippen LogP contribution in [-0.2, 0) is 16.0 Å². The molecule has 176 valence electrons. The lowest BCUT2D eigenvalue weighted by atomic mass is 9.94. The first kappa shape index (κ1) is 23.0. The second-order valence-corrected chi connectivity index (χ2v) is 10.1. The number of carbonyl (C=O) groups excluding carboxylic acids is 2. The minimum absolute atomic E-state index is 0.0789. The average molecular weight is 483 g/mol. The minimum Gasteiger partial charge on any atom is -0.507 e. The highest BCUT2D eigenvalue weighted by Gasteiger charge is 2.48. The van der Waals surface area contributed by atoms with Gasteiger partial charge in [-0.15, -0.1) is 0 Å². The summed E-state index contributed by atoms with van der Waals surface area (Å²) in [5.41, 5.74) is 6.46. The molecule has 1 saturated heterocycles. The normalized spacial score (nSPS) is 17.5. The minimum atomic E-state index is -0.774. The van der Waals surface area contributed by atoms with Crippen molar-refractivity contribution < 1.29 is 14.7 Å². The van der Waals surface area contributed by atoms with E-state index in [0.717, 1.165) is 44.5 Å². The van der Waals surface area contributed by atoms with Gasteiger partial charge in [0.15, 0.2) is 5.13 Å². The predicted octanol–water partition coefficient (Wildman–Crippen LogP) is 6.41. The van der Waals surface area contributed by atoms with Crippen molar-refractivity contribution >= 4 is 44.1 Å². The highest BCUT2D eigenvalue weighted by atomic mass is 32.1. The Kier molecular flexibility index (Phi) is 5.77. The molecule has 0 aliphatic carbocycles. The Hall–Kier alpha value is -3.77. The summed E-state index contributed by atoms with van der Waals surface area (Å²) in [5.74, 6) is -1.57. The van der Waals surface area contributed by atoms with E-state index in [0.29, 0.717) is 10.7 Å². The van der Waals surface area contributed by atoms with Gasteiger partial charge in [-0.3, -0.25) is 14.5 Å². The molecule has 0 spiro atoms. The number of Topliss-reactive ketones (excluding diaryl/α,β-unsaturated/α-hetero) is 1. The van der Waals surface area contributed by atoms with E-state index in [1.54, 1.807) is 12.1 Å². The lowest BCUT2D eigenvalue weighted by Gasteiger charge is -2.23. The van der Waals surface area contributed by atoms with E-state index in [1.807, 2.05) is 63.2 Å². The van der Waals surface area contributed by atoms with Crippen molar-refractivity contribution in [2.75, 3.05) is 4.90 Å². The molecule has 1 unspecified atom stereocenters. The Labute approximate surface area is 208 Å². The molecule has 0 radical (unpaired) electrons. The maximum Gasteiger partial charge on any atom is 0.301 e. The first-order valence-electron chi connectivity index (χ1n) is 11.6. The molecule has 4 aromatic rings. The summed E-state index contributed by atoms with van der Waals surface area (Å²) in [5, 5.41) is 11.7. The first-order valence-corrected chi connectivity index (χ1v) is 12.4. The maximum atomic E-state index is 13.4. The number of amides is 1. The van der Waals surface area contributed by atoms with Crippen LogP contribution in [0.25, 0.3) is 16.0 Å². The van der Waals surface area contributed by atoms with Crippen LogP contribution >= 0.6 is 11.3 Å². The van der Waals surface area contributed by atoms with E-state index >= 15 is 0 Å². The van der Waals surface area contributed by atoms with Crippen LogP contribution in [0.2, 0.25) is 0 Å². The first-order chi connectivity index (χ1) is 16.8. The Morgan fingerprint density at radius 2 is 1.66 bits per heavy atom. The predicted molar refractivity (Wildman–Crippen MR) is 141 cm³/mol. The van der Waals surface area contributed by atoms with Crippen LogP contribution < -0.4 is 4.90 Å². The summed E-state index contributed by atoms with van der Waals surface area (Å²) in [6.45, 7) is 8.04. The van der Waals surface area contributed by atoms with E-state index in [2.05, 4.69) is 13.0 Å². The molecule has 35 heavy (non-hydrogen) atoms. The van der Waals surface area contributed by atoms with Crippen LogP contribution in [-0.4, -0.2) is 21.8 Å². The fourth-order valence-corrected chi connectivity index (χ4v) is 5.78. The van der Waals surface area contributed by atoms with Crippen LogP contribution in [0.5, 0.6) is 0 Å². The largest absolute Gasteiger partial charge is 0.507 e. The third-order valence-electron chi connectivity index (χ3n) is 6.50. The number of nitrogens with zero attached hydrogens (tertiary/aromatic N) is 2. The van der Waals surface area contributed by atoms with Crippen LogP contribution in [0.3, 0.4) is 0 Å². The lowest BCUT2D eigenvalue weighted by molar-refractivity contribution is -0.132. The van der Waals surface area contributed by atoms with Gasteiger partial charge in [0.2, 0.25) is 0 Å². The zero-order valence-electron chi connectivity index (χ0n) is 20.1. The topological polar surface area (TPSA) is 70.5 Å². The van der Waals surface area contributed by atoms with Crippen molar-refractivity contribution in [2.45, 2.75) is 40.2 Å². The Morgan fingerprint density at radius 1 is 0.971 bits per heavy atom. The monoisotopic (exact) mass is 482 g/mol. The second kappa shape index (κ2) is 8.78. The van der Waals surface area contributed by atoms with Crippen molar-refractivity contribution in [1.29, 1.82) is 0 Å². The number of hydrogen-bond donors (Lipinski definition) is 1. The number of thiazole rings is 1. The Bertz CT molecular complexity index is 1500. The van der Waals surface area contributed by atoms with Crippen LogP contribution in [0.15, 0.2) is 66.2 Å². The van der Waals surface area contributed by atoms with E-state index in [9.17, 15) is 14.7 Å². The summed E-state index contributed by atoms with van der Waals surface area (Å²) in [7, 11) is 0. The van der Waals surface area contributed by atoms with Gasteiger partial charge in [-0.1, -0.05) is 78.4 Å². The molecule has 1 fully saturated rings. The molecule has 2 heterocycles. The molecule has 0 bridgehead atoms. The van der Waals surface area contributed by atoms with Gasteiger partial charge in [-0.05, 0) is 55.5 Å². The number of aliphatic hydroxyl groups excluding tert-OH is 1. The molecule has 0 saturated carbocycles. The molecule has 1 aromatic heterocycles. The molecule has 5 nitrogen and oxygen atoms in total. The molecule has 6 heteroatoms. The smallest absolute Gasteiger partial charge is 0.301 e. The second-order valence-electron chi connectivity index (χ2n) is 9.06. The van der Waals surface area contributed by atoms with Crippen molar-refractivity contribution in [3.8, 4) is 0 Å².